The van der Waals surface area contributed by atoms with Gasteiger partial charge in [-0.1, -0.05) is 24.3 Å². The summed E-state index contributed by atoms with van der Waals surface area (Å²) in [5, 5.41) is 14.0. The Bertz CT molecular complexity index is 1550. The van der Waals surface area contributed by atoms with Crippen LogP contribution in [0.15, 0.2) is 53.5 Å². The fourth-order valence-electron chi connectivity index (χ4n) is 6.13. The van der Waals surface area contributed by atoms with E-state index in [1.54, 1.807) is 6.07 Å². The Kier molecular flexibility index (Phi) is 8.53. The first-order valence-electron chi connectivity index (χ1n) is 15.4. The number of fused-ring (bicyclic) bond motifs is 1. The van der Waals surface area contributed by atoms with Gasteiger partial charge in [-0.3, -0.25) is 14.4 Å². The van der Waals surface area contributed by atoms with E-state index in [9.17, 15) is 4.79 Å². The Morgan fingerprint density at radius 1 is 0.952 bits per heavy atom. The van der Waals surface area contributed by atoms with Gasteiger partial charge in [-0.2, -0.15) is 5.10 Å². The predicted molar refractivity (Wildman–Crippen MR) is 166 cm³/mol. The minimum absolute atomic E-state index is 0.0738. The largest absolute Gasteiger partial charge is 0.473 e. The zero-order valence-electron chi connectivity index (χ0n) is 25.0. The molecule has 2 fully saturated rings. The van der Waals surface area contributed by atoms with Gasteiger partial charge in [-0.05, 0) is 52.1 Å². The molecule has 4 heterocycles. The van der Waals surface area contributed by atoms with Crippen LogP contribution in [-0.4, -0.2) is 80.2 Å². The molecule has 222 valence electrons. The monoisotopic (exact) mass is 570 g/mol. The fraction of sp³-hybridized carbons (Fsp3) is 0.500. The zero-order chi connectivity index (χ0) is 29.1. The van der Waals surface area contributed by atoms with Crippen LogP contribution < -0.4 is 15.6 Å². The summed E-state index contributed by atoms with van der Waals surface area (Å²) in [6.45, 7) is 10.8. The molecule has 0 spiro atoms. The molecule has 1 N–H and O–H groups in total. The number of likely N-dealkylation sites (N-methyl/N-ethyl adjacent to an activating group) is 1. The van der Waals surface area contributed by atoms with Gasteiger partial charge in [0.2, 0.25) is 5.88 Å². The molecule has 42 heavy (non-hydrogen) atoms. The van der Waals surface area contributed by atoms with Crippen molar-refractivity contribution in [1.29, 1.82) is 0 Å². The van der Waals surface area contributed by atoms with Crippen molar-refractivity contribution in [3.05, 3.63) is 64.6 Å². The second-order valence-electron chi connectivity index (χ2n) is 11.6. The number of aryl methyl sites for hydroxylation is 1. The summed E-state index contributed by atoms with van der Waals surface area (Å²) >= 11 is 0. The lowest BCUT2D eigenvalue weighted by molar-refractivity contribution is 0.123. The van der Waals surface area contributed by atoms with Gasteiger partial charge in [-0.25, -0.2) is 9.67 Å². The molecule has 1 aromatic carbocycles. The van der Waals surface area contributed by atoms with Crippen LogP contribution in [0.5, 0.6) is 5.88 Å². The fourth-order valence-corrected chi connectivity index (χ4v) is 6.13. The summed E-state index contributed by atoms with van der Waals surface area (Å²) in [7, 11) is 2.19. The van der Waals surface area contributed by atoms with Crippen molar-refractivity contribution in [2.75, 3.05) is 45.1 Å². The zero-order valence-corrected chi connectivity index (χ0v) is 25.0. The van der Waals surface area contributed by atoms with E-state index in [1.165, 1.54) is 16.3 Å². The van der Waals surface area contributed by atoms with E-state index in [0.29, 0.717) is 12.4 Å². The van der Waals surface area contributed by atoms with E-state index in [0.717, 1.165) is 92.9 Å². The lowest BCUT2D eigenvalue weighted by atomic mass is 9.93. The number of nitrogens with zero attached hydrogens (tertiary/aromatic N) is 7. The maximum Gasteiger partial charge on any atom is 0.266 e. The number of hydrogen-bond donors (Lipinski definition) is 1. The first-order valence-corrected chi connectivity index (χ1v) is 15.4. The Labute approximate surface area is 247 Å². The number of aromatic nitrogens is 5. The number of ether oxygens (including phenoxy) is 1. The quantitative estimate of drug-likeness (QED) is 0.316. The average Bonchev–Trinajstić information content (AvgIpc) is 3.39. The van der Waals surface area contributed by atoms with Crippen LogP contribution in [-0.2, 0) is 13.1 Å². The molecule has 10 nitrogen and oxygen atoms in total. The van der Waals surface area contributed by atoms with Crippen LogP contribution in [0.1, 0.15) is 51.1 Å². The molecule has 0 amide bonds. The molecule has 0 bridgehead atoms. The maximum absolute atomic E-state index is 11.9. The van der Waals surface area contributed by atoms with Crippen molar-refractivity contribution in [3.63, 3.8) is 0 Å². The highest BCUT2D eigenvalue weighted by atomic mass is 16.5. The summed E-state index contributed by atoms with van der Waals surface area (Å²) < 4.78 is 9.85. The van der Waals surface area contributed by atoms with E-state index >= 15 is 0 Å². The van der Waals surface area contributed by atoms with Gasteiger partial charge in [0.15, 0.2) is 0 Å². The topological polar surface area (TPSA) is 93.3 Å². The Balaban J connectivity index is 1.20. The molecule has 0 unspecified atom stereocenters. The molecule has 1 aliphatic carbocycles. The van der Waals surface area contributed by atoms with Gasteiger partial charge < -0.3 is 15.0 Å². The summed E-state index contributed by atoms with van der Waals surface area (Å²) in [6.07, 6.45) is 5.76. The van der Waals surface area contributed by atoms with E-state index in [2.05, 4.69) is 69.2 Å². The second kappa shape index (κ2) is 12.6. The maximum atomic E-state index is 11.9. The van der Waals surface area contributed by atoms with Gasteiger partial charge in [0.05, 0.1) is 11.6 Å². The molecule has 6 rings (SSSR count). The normalized spacial score (nSPS) is 20.2. The van der Waals surface area contributed by atoms with Crippen LogP contribution in [0.4, 0.5) is 5.82 Å². The molecule has 0 atom stereocenters. The second-order valence-corrected chi connectivity index (χ2v) is 11.6. The first kappa shape index (κ1) is 28.4. The lowest BCUT2D eigenvalue weighted by Crippen LogP contribution is -2.43. The van der Waals surface area contributed by atoms with Gasteiger partial charge in [-0.15, -0.1) is 5.10 Å². The molecule has 3 aromatic heterocycles. The van der Waals surface area contributed by atoms with Crippen LogP contribution in [0.2, 0.25) is 0 Å². The van der Waals surface area contributed by atoms with Crippen LogP contribution in [0, 0.1) is 0 Å². The van der Waals surface area contributed by atoms with Gasteiger partial charge in [0.1, 0.15) is 17.6 Å². The van der Waals surface area contributed by atoms with Crippen molar-refractivity contribution >= 4 is 16.7 Å². The van der Waals surface area contributed by atoms with E-state index < -0.39 is 0 Å². The molecule has 1 saturated carbocycles. The van der Waals surface area contributed by atoms with Crippen molar-refractivity contribution in [2.24, 2.45) is 0 Å². The minimum Gasteiger partial charge on any atom is -0.473 e. The highest BCUT2D eigenvalue weighted by Crippen LogP contribution is 2.36. The molecule has 4 aromatic rings. The summed E-state index contributed by atoms with van der Waals surface area (Å²) in [4.78, 5) is 21.5. The number of anilines is 1. The third-order valence-corrected chi connectivity index (χ3v) is 8.60. The van der Waals surface area contributed by atoms with E-state index in [-0.39, 0.29) is 17.7 Å². The van der Waals surface area contributed by atoms with Gasteiger partial charge >= 0.3 is 0 Å². The number of rotatable bonds is 9. The first-order chi connectivity index (χ1) is 20.5. The van der Waals surface area contributed by atoms with Crippen LogP contribution in [0.3, 0.4) is 0 Å². The number of benzene rings is 1. The highest BCUT2D eigenvalue weighted by Gasteiger charge is 2.27. The van der Waals surface area contributed by atoms with Gasteiger partial charge in [0.25, 0.3) is 5.56 Å². The third-order valence-electron chi connectivity index (χ3n) is 8.60. The number of pyridine rings is 1. The third kappa shape index (κ3) is 6.19. The molecule has 2 aliphatic rings. The molecule has 0 radical (unpaired) electrons. The molecular weight excluding hydrogens is 528 g/mol. The summed E-state index contributed by atoms with van der Waals surface area (Å²) in [6, 6.07) is 14.5. The van der Waals surface area contributed by atoms with Crippen molar-refractivity contribution in [1.82, 2.24) is 34.3 Å². The van der Waals surface area contributed by atoms with Crippen molar-refractivity contribution in [2.45, 2.75) is 64.8 Å². The summed E-state index contributed by atoms with van der Waals surface area (Å²) in [5.41, 5.74) is 4.44. The van der Waals surface area contributed by atoms with E-state index in [1.807, 2.05) is 13.1 Å². The predicted octanol–water partition coefficient (Wildman–Crippen LogP) is 4.42. The average molecular weight is 571 g/mol. The van der Waals surface area contributed by atoms with Crippen LogP contribution >= 0.6 is 0 Å². The highest BCUT2D eigenvalue weighted by molar-refractivity contribution is 5.94. The Morgan fingerprint density at radius 3 is 2.43 bits per heavy atom. The van der Waals surface area contributed by atoms with Crippen molar-refractivity contribution < 1.29 is 4.74 Å². The number of nitrogens with one attached hydrogen (secondary N) is 1. The van der Waals surface area contributed by atoms with E-state index in [4.69, 9.17) is 14.8 Å². The minimum atomic E-state index is -0.106. The van der Waals surface area contributed by atoms with Gasteiger partial charge in [0, 0.05) is 81.2 Å². The number of piperazine rings is 1. The van der Waals surface area contributed by atoms with Crippen molar-refractivity contribution in [3.8, 4) is 17.1 Å². The number of hydrogen-bond acceptors (Lipinski definition) is 8. The standard InChI is InChI=1S/C32H42N8O2/c1-4-33-29-20-28-27(21-34-29)32(24-8-6-23(7-9-24)22-38-18-16-37(3)17-19-38)36-40(28)25-10-12-26(13-11-25)42-30-14-15-31(41)39(5-2)35-30/h6-9,14-15,20-21,25-26H,4-5,10-13,16-19,22H2,1-3H3,(H,33,34)/t25-,26+. The molecule has 1 saturated heterocycles. The smallest absolute Gasteiger partial charge is 0.266 e. The molecule has 1 aliphatic heterocycles. The summed E-state index contributed by atoms with van der Waals surface area (Å²) in [5.74, 6) is 1.39. The Hall–Kier alpha value is -3.76. The molecule has 10 heteroatoms. The Morgan fingerprint density at radius 2 is 1.71 bits per heavy atom. The lowest BCUT2D eigenvalue weighted by Gasteiger charge is -2.32. The SMILES string of the molecule is CCNc1cc2c(cn1)c(-c1ccc(CN3CCN(C)CC3)cc1)nn2[C@H]1CC[C@@H](Oc2ccc(=O)n(CC)n2)CC1. The van der Waals surface area contributed by atoms with Crippen LogP contribution in [0.25, 0.3) is 22.2 Å². The molecular formula is C32H42N8O2.